The number of aromatic nitrogens is 1. The molecule has 1 amide bonds. The fraction of sp³-hybridized carbons (Fsp3) is 0.286. The molecule has 1 unspecified atom stereocenters. The molecule has 3 aromatic rings. The highest BCUT2D eigenvalue weighted by Gasteiger charge is 2.21. The summed E-state index contributed by atoms with van der Waals surface area (Å²) in [6.07, 6.45) is 4.52. The Bertz CT molecular complexity index is 838. The molecule has 0 aliphatic heterocycles. The molecule has 2 N–H and O–H groups in total. The van der Waals surface area contributed by atoms with Crippen LogP contribution in [0.1, 0.15) is 43.2 Å². The number of fused-ring (bicyclic) bond motifs is 1. The number of nitrogens with one attached hydrogen (secondary N) is 2. The highest BCUT2D eigenvalue weighted by Crippen LogP contribution is 2.33. The predicted octanol–water partition coefficient (Wildman–Crippen LogP) is 5.26. The minimum Gasteiger partial charge on any atom is -0.361 e. The van der Waals surface area contributed by atoms with Crippen molar-refractivity contribution in [3.63, 3.8) is 0 Å². The SMILES string of the molecule is CCCCNC(=O)CC(c1ccc(Cl)cc1)c1c[nH]c2ccccc12. The number of amides is 1. The quantitative estimate of drug-likeness (QED) is 0.558. The first-order valence-electron chi connectivity index (χ1n) is 8.77. The molecule has 4 heteroatoms. The second-order valence-corrected chi connectivity index (χ2v) is 6.74. The summed E-state index contributed by atoms with van der Waals surface area (Å²) in [6.45, 7) is 2.85. The maximum atomic E-state index is 12.5. The minimum absolute atomic E-state index is 0.00459. The van der Waals surface area contributed by atoms with Crippen LogP contribution in [0.25, 0.3) is 10.9 Å². The second-order valence-electron chi connectivity index (χ2n) is 6.30. The molecule has 0 bridgehead atoms. The smallest absolute Gasteiger partial charge is 0.220 e. The van der Waals surface area contributed by atoms with E-state index in [1.165, 1.54) is 0 Å². The Kier molecular flexibility index (Phi) is 5.77. The van der Waals surface area contributed by atoms with Crippen LogP contribution in [0.2, 0.25) is 5.02 Å². The lowest BCUT2D eigenvalue weighted by Crippen LogP contribution is -2.26. The number of rotatable bonds is 7. The van der Waals surface area contributed by atoms with Crippen LogP contribution >= 0.6 is 11.6 Å². The molecule has 0 radical (unpaired) electrons. The van der Waals surface area contributed by atoms with Crippen LogP contribution in [0.15, 0.2) is 54.7 Å². The van der Waals surface area contributed by atoms with Crippen LogP contribution < -0.4 is 5.32 Å². The lowest BCUT2D eigenvalue weighted by molar-refractivity contribution is -0.121. The maximum Gasteiger partial charge on any atom is 0.220 e. The van der Waals surface area contributed by atoms with Crippen LogP contribution in [-0.2, 0) is 4.79 Å². The van der Waals surface area contributed by atoms with Gasteiger partial charge in [-0.05, 0) is 35.7 Å². The van der Waals surface area contributed by atoms with Crippen molar-refractivity contribution >= 4 is 28.4 Å². The van der Waals surface area contributed by atoms with Gasteiger partial charge in [0.2, 0.25) is 5.91 Å². The van der Waals surface area contributed by atoms with Gasteiger partial charge in [-0.2, -0.15) is 0 Å². The monoisotopic (exact) mass is 354 g/mol. The molecule has 0 aliphatic rings. The average molecular weight is 355 g/mol. The number of aromatic amines is 1. The van der Waals surface area contributed by atoms with E-state index in [0.29, 0.717) is 11.4 Å². The van der Waals surface area contributed by atoms with E-state index < -0.39 is 0 Å². The third-order valence-corrected chi connectivity index (χ3v) is 4.76. The Hall–Kier alpha value is -2.26. The van der Waals surface area contributed by atoms with Gasteiger partial charge in [-0.1, -0.05) is 55.3 Å². The van der Waals surface area contributed by atoms with Gasteiger partial charge in [0.15, 0.2) is 0 Å². The van der Waals surface area contributed by atoms with Crippen LogP contribution in [0.3, 0.4) is 0 Å². The summed E-state index contributed by atoms with van der Waals surface area (Å²) in [5.41, 5.74) is 3.33. The van der Waals surface area contributed by atoms with Crippen LogP contribution in [0, 0.1) is 0 Å². The molecule has 1 aromatic heterocycles. The molecule has 3 rings (SSSR count). The number of carbonyl (C=O) groups excluding carboxylic acids is 1. The summed E-state index contributed by atoms with van der Waals surface area (Å²) in [7, 11) is 0. The van der Waals surface area contributed by atoms with Crippen LogP contribution in [0.4, 0.5) is 0 Å². The van der Waals surface area contributed by atoms with E-state index in [-0.39, 0.29) is 11.8 Å². The Morgan fingerprint density at radius 3 is 2.68 bits per heavy atom. The van der Waals surface area contributed by atoms with Gasteiger partial charge in [0.05, 0.1) is 0 Å². The molecule has 1 heterocycles. The van der Waals surface area contributed by atoms with Crippen molar-refractivity contribution in [2.45, 2.75) is 32.1 Å². The normalized spacial score (nSPS) is 12.2. The largest absolute Gasteiger partial charge is 0.361 e. The molecular weight excluding hydrogens is 332 g/mol. The first-order chi connectivity index (χ1) is 12.2. The van der Waals surface area contributed by atoms with E-state index >= 15 is 0 Å². The van der Waals surface area contributed by atoms with E-state index in [0.717, 1.165) is 41.4 Å². The summed E-state index contributed by atoms with van der Waals surface area (Å²) >= 11 is 6.04. The highest BCUT2D eigenvalue weighted by molar-refractivity contribution is 6.30. The Balaban J connectivity index is 1.91. The minimum atomic E-state index is -0.00459. The molecule has 0 fully saturated rings. The van der Waals surface area contributed by atoms with Crippen molar-refractivity contribution in [1.29, 1.82) is 0 Å². The molecule has 130 valence electrons. The van der Waals surface area contributed by atoms with E-state index in [4.69, 9.17) is 11.6 Å². The fourth-order valence-electron chi connectivity index (χ4n) is 3.15. The summed E-state index contributed by atoms with van der Waals surface area (Å²) in [4.78, 5) is 15.8. The summed E-state index contributed by atoms with van der Waals surface area (Å²) in [6, 6.07) is 16.0. The van der Waals surface area contributed by atoms with Crippen molar-refractivity contribution < 1.29 is 4.79 Å². The summed E-state index contributed by atoms with van der Waals surface area (Å²) < 4.78 is 0. The number of benzene rings is 2. The Morgan fingerprint density at radius 1 is 1.16 bits per heavy atom. The zero-order valence-corrected chi connectivity index (χ0v) is 15.1. The first kappa shape index (κ1) is 17.6. The maximum absolute atomic E-state index is 12.5. The van der Waals surface area contributed by atoms with Crippen molar-refractivity contribution in [3.8, 4) is 0 Å². The van der Waals surface area contributed by atoms with Gasteiger partial charge in [0.1, 0.15) is 0 Å². The number of unbranched alkanes of at least 4 members (excludes halogenated alkanes) is 1. The summed E-state index contributed by atoms with van der Waals surface area (Å²) in [5, 5.41) is 4.89. The lowest BCUT2D eigenvalue weighted by atomic mass is 9.88. The Morgan fingerprint density at radius 2 is 1.92 bits per heavy atom. The van der Waals surface area contributed by atoms with E-state index in [2.05, 4.69) is 29.4 Å². The van der Waals surface area contributed by atoms with Gasteiger partial charge < -0.3 is 10.3 Å². The number of halogens is 1. The Labute approximate surface area is 153 Å². The number of hydrogen-bond donors (Lipinski definition) is 2. The molecule has 0 saturated carbocycles. The van der Waals surface area contributed by atoms with Crippen molar-refractivity contribution in [3.05, 3.63) is 70.9 Å². The number of carbonyl (C=O) groups is 1. The third-order valence-electron chi connectivity index (χ3n) is 4.51. The molecule has 0 spiro atoms. The molecule has 0 saturated heterocycles. The molecular formula is C21H23ClN2O. The topological polar surface area (TPSA) is 44.9 Å². The molecule has 25 heavy (non-hydrogen) atoms. The average Bonchev–Trinajstić information content (AvgIpc) is 3.05. The third kappa shape index (κ3) is 4.23. The molecule has 2 aromatic carbocycles. The van der Waals surface area contributed by atoms with Gasteiger partial charge in [-0.25, -0.2) is 0 Å². The highest BCUT2D eigenvalue weighted by atomic mass is 35.5. The zero-order valence-electron chi connectivity index (χ0n) is 14.4. The fourth-order valence-corrected chi connectivity index (χ4v) is 3.27. The second kappa shape index (κ2) is 8.21. The van der Waals surface area contributed by atoms with Gasteiger partial charge in [0.25, 0.3) is 0 Å². The number of para-hydroxylation sites is 1. The van der Waals surface area contributed by atoms with Gasteiger partial charge in [-0.3, -0.25) is 4.79 Å². The van der Waals surface area contributed by atoms with E-state index in [1.54, 1.807) is 0 Å². The van der Waals surface area contributed by atoms with Crippen molar-refractivity contribution in [2.75, 3.05) is 6.54 Å². The van der Waals surface area contributed by atoms with Crippen LogP contribution in [-0.4, -0.2) is 17.4 Å². The van der Waals surface area contributed by atoms with Gasteiger partial charge >= 0.3 is 0 Å². The van der Waals surface area contributed by atoms with Crippen molar-refractivity contribution in [1.82, 2.24) is 10.3 Å². The lowest BCUT2D eigenvalue weighted by Gasteiger charge is -2.17. The zero-order chi connectivity index (χ0) is 17.6. The number of H-pyrrole nitrogens is 1. The molecule has 0 aliphatic carbocycles. The van der Waals surface area contributed by atoms with E-state index in [9.17, 15) is 4.79 Å². The van der Waals surface area contributed by atoms with Crippen molar-refractivity contribution in [2.24, 2.45) is 0 Å². The van der Waals surface area contributed by atoms with Crippen LogP contribution in [0.5, 0.6) is 0 Å². The van der Waals surface area contributed by atoms with Gasteiger partial charge in [0, 0.05) is 41.0 Å². The van der Waals surface area contributed by atoms with Gasteiger partial charge in [-0.15, -0.1) is 0 Å². The number of hydrogen-bond acceptors (Lipinski definition) is 1. The molecule has 3 nitrogen and oxygen atoms in total. The van der Waals surface area contributed by atoms with E-state index in [1.807, 2.05) is 42.6 Å². The summed E-state index contributed by atoms with van der Waals surface area (Å²) in [5.74, 6) is 0.0775. The predicted molar refractivity (Wildman–Crippen MR) is 104 cm³/mol. The first-order valence-corrected chi connectivity index (χ1v) is 9.15. The standard InChI is InChI=1S/C21H23ClN2O/c1-2-3-12-23-21(25)13-18(15-8-10-16(22)11-9-15)19-14-24-20-7-5-4-6-17(19)20/h4-11,14,18,24H,2-3,12-13H2,1H3,(H,23,25). The molecule has 1 atom stereocenters.